The second-order valence-corrected chi connectivity index (χ2v) is 9.19. The van der Waals surface area contributed by atoms with Gasteiger partial charge in [-0.3, -0.25) is 4.79 Å². The molecule has 1 aromatic carbocycles. The molecule has 0 unspecified atom stereocenters. The lowest BCUT2D eigenvalue weighted by molar-refractivity contribution is -0.693. The van der Waals surface area contributed by atoms with Crippen LogP contribution in [0.15, 0.2) is 42.7 Å². The Labute approximate surface area is 205 Å². The minimum atomic E-state index is -0.0164. The molecule has 1 heterocycles. The lowest BCUT2D eigenvalue weighted by Gasteiger charge is -2.10. The van der Waals surface area contributed by atoms with Gasteiger partial charge in [0.1, 0.15) is 12.3 Å². The molecule has 0 saturated carbocycles. The molecule has 5 heteroatoms. The highest BCUT2D eigenvalue weighted by Gasteiger charge is 2.08. The molecule has 0 aliphatic rings. The van der Waals surface area contributed by atoms with Crippen LogP contribution < -0.4 is 14.6 Å². The molecule has 0 aliphatic carbocycles. The maximum absolute atomic E-state index is 12.3. The predicted molar refractivity (Wildman–Crippen MR) is 137 cm³/mol. The number of aryl methyl sites for hydroxylation is 1. The number of ether oxygens (including phenoxy) is 1. The number of nitrogens with one attached hydrogen (secondary N) is 1. The molecular weight excluding hydrogens is 432 g/mol. The average molecular weight is 474 g/mol. The first-order valence-corrected chi connectivity index (χ1v) is 13.2. The zero-order valence-electron chi connectivity index (χ0n) is 20.6. The number of unbranched alkanes of at least 4 members (excludes halogenated alkanes) is 9. The highest BCUT2D eigenvalue weighted by Crippen LogP contribution is 2.26. The van der Waals surface area contributed by atoms with E-state index in [1.165, 1.54) is 57.8 Å². The van der Waals surface area contributed by atoms with Crippen LogP contribution in [0.5, 0.6) is 5.75 Å². The van der Waals surface area contributed by atoms with Gasteiger partial charge in [-0.05, 0) is 36.6 Å². The summed E-state index contributed by atoms with van der Waals surface area (Å²) in [5, 5.41) is 3.54. The molecule has 2 aromatic rings. The molecule has 0 aliphatic heterocycles. The molecule has 0 spiro atoms. The largest absolute Gasteiger partial charge is 0.492 e. The van der Waals surface area contributed by atoms with Crippen molar-refractivity contribution in [1.82, 2.24) is 5.32 Å². The summed E-state index contributed by atoms with van der Waals surface area (Å²) in [4.78, 5) is 12.3. The highest BCUT2D eigenvalue weighted by atomic mass is 35.5. The molecule has 1 N–H and O–H groups in total. The standard InChI is InChI=1S/C28H41ClN2O2/c1-3-5-6-7-8-9-10-11-12-13-20-33-27-15-14-25(21-26(27)29)22-28(32)30-23-24-16-18-31(4-2)19-17-24/h14-19,21H,3-13,20,22-23H2,1-2H3/p+1. The second kappa shape index (κ2) is 16.5. The first kappa shape index (κ1) is 27.2. The van der Waals surface area contributed by atoms with E-state index in [2.05, 4.69) is 23.7 Å². The van der Waals surface area contributed by atoms with Gasteiger partial charge in [-0.2, -0.15) is 0 Å². The van der Waals surface area contributed by atoms with Crippen LogP contribution in [-0.4, -0.2) is 12.5 Å². The Kier molecular flexibility index (Phi) is 13.6. The molecule has 2 rings (SSSR count). The second-order valence-electron chi connectivity index (χ2n) is 8.79. The smallest absolute Gasteiger partial charge is 0.224 e. The summed E-state index contributed by atoms with van der Waals surface area (Å²) in [6.45, 7) is 6.51. The van der Waals surface area contributed by atoms with E-state index in [1.807, 2.05) is 42.7 Å². The number of rotatable bonds is 17. The molecule has 33 heavy (non-hydrogen) atoms. The number of halogens is 1. The third-order valence-corrected chi connectivity index (χ3v) is 6.23. The summed E-state index contributed by atoms with van der Waals surface area (Å²) in [5.74, 6) is 0.683. The van der Waals surface area contributed by atoms with Crippen LogP contribution in [0.25, 0.3) is 0 Å². The summed E-state index contributed by atoms with van der Waals surface area (Å²) in [5.41, 5.74) is 1.97. The molecule has 0 atom stereocenters. The van der Waals surface area contributed by atoms with Crippen molar-refractivity contribution in [2.75, 3.05) is 6.61 Å². The summed E-state index contributed by atoms with van der Waals surface area (Å²) in [7, 11) is 0. The van der Waals surface area contributed by atoms with E-state index >= 15 is 0 Å². The molecule has 1 amide bonds. The van der Waals surface area contributed by atoms with Gasteiger partial charge in [-0.25, -0.2) is 4.57 Å². The van der Waals surface area contributed by atoms with Crippen LogP contribution in [0.3, 0.4) is 0 Å². The van der Waals surface area contributed by atoms with E-state index in [4.69, 9.17) is 16.3 Å². The Bertz CT molecular complexity index is 808. The van der Waals surface area contributed by atoms with E-state index in [1.54, 1.807) is 0 Å². The van der Waals surface area contributed by atoms with Crippen molar-refractivity contribution in [2.24, 2.45) is 0 Å². The van der Waals surface area contributed by atoms with Crippen molar-refractivity contribution in [3.05, 3.63) is 58.9 Å². The van der Waals surface area contributed by atoms with E-state index in [-0.39, 0.29) is 5.91 Å². The first-order chi connectivity index (χ1) is 16.1. The summed E-state index contributed by atoms with van der Waals surface area (Å²) in [6, 6.07) is 9.69. The number of aromatic nitrogens is 1. The average Bonchev–Trinajstić information content (AvgIpc) is 2.82. The Morgan fingerprint density at radius 3 is 2.12 bits per heavy atom. The van der Waals surface area contributed by atoms with Crippen molar-refractivity contribution in [3.8, 4) is 5.75 Å². The lowest BCUT2D eigenvalue weighted by atomic mass is 10.1. The number of carbonyl (C=O) groups excluding carboxylic acids is 1. The number of amides is 1. The lowest BCUT2D eigenvalue weighted by Crippen LogP contribution is -2.31. The van der Waals surface area contributed by atoms with Crippen LogP contribution >= 0.6 is 11.6 Å². The fourth-order valence-corrected chi connectivity index (χ4v) is 4.07. The SMILES string of the molecule is CCCCCCCCCCCCOc1ccc(CC(=O)NCc2cc[n+](CC)cc2)cc1Cl. The molecule has 0 radical (unpaired) electrons. The molecule has 182 valence electrons. The van der Waals surface area contributed by atoms with Gasteiger partial charge >= 0.3 is 0 Å². The van der Waals surface area contributed by atoms with Crippen LogP contribution in [0, 0.1) is 0 Å². The Morgan fingerprint density at radius 2 is 1.52 bits per heavy atom. The Morgan fingerprint density at radius 1 is 0.879 bits per heavy atom. The van der Waals surface area contributed by atoms with Crippen LogP contribution in [0.1, 0.15) is 89.2 Å². The first-order valence-electron chi connectivity index (χ1n) is 12.8. The number of pyridine rings is 1. The summed E-state index contributed by atoms with van der Waals surface area (Å²) < 4.78 is 7.95. The zero-order chi connectivity index (χ0) is 23.7. The third kappa shape index (κ3) is 11.6. The van der Waals surface area contributed by atoms with Crippen molar-refractivity contribution < 1.29 is 14.1 Å². The Balaban J connectivity index is 1.60. The van der Waals surface area contributed by atoms with Crippen LogP contribution in [0.2, 0.25) is 5.02 Å². The van der Waals surface area contributed by atoms with Gasteiger partial charge in [0.2, 0.25) is 5.91 Å². The summed E-state index contributed by atoms with van der Waals surface area (Å²) >= 11 is 6.39. The van der Waals surface area contributed by atoms with E-state index in [0.717, 1.165) is 24.1 Å². The van der Waals surface area contributed by atoms with Crippen molar-refractivity contribution >= 4 is 17.5 Å². The maximum atomic E-state index is 12.3. The van der Waals surface area contributed by atoms with Crippen molar-refractivity contribution in [3.63, 3.8) is 0 Å². The molecule has 0 fully saturated rings. The van der Waals surface area contributed by atoms with Gasteiger partial charge in [0.15, 0.2) is 12.4 Å². The number of hydrogen-bond donors (Lipinski definition) is 1. The Hall–Kier alpha value is -2.07. The quantitative estimate of drug-likeness (QED) is 0.202. The zero-order valence-corrected chi connectivity index (χ0v) is 21.3. The fraction of sp³-hybridized carbons (Fsp3) is 0.571. The van der Waals surface area contributed by atoms with Gasteiger partial charge in [-0.15, -0.1) is 0 Å². The van der Waals surface area contributed by atoms with Gasteiger partial charge in [0.25, 0.3) is 0 Å². The van der Waals surface area contributed by atoms with Gasteiger partial charge < -0.3 is 10.1 Å². The van der Waals surface area contributed by atoms with E-state index in [9.17, 15) is 4.79 Å². The van der Waals surface area contributed by atoms with Crippen molar-refractivity contribution in [2.45, 2.75) is 97.6 Å². The topological polar surface area (TPSA) is 42.2 Å². The van der Waals surface area contributed by atoms with Crippen molar-refractivity contribution in [1.29, 1.82) is 0 Å². The molecule has 0 bridgehead atoms. The molecule has 1 aromatic heterocycles. The van der Waals surface area contributed by atoms with Gasteiger partial charge in [0, 0.05) is 18.7 Å². The van der Waals surface area contributed by atoms with Crippen LogP contribution in [0.4, 0.5) is 0 Å². The van der Waals surface area contributed by atoms with E-state index < -0.39 is 0 Å². The highest BCUT2D eigenvalue weighted by molar-refractivity contribution is 6.32. The minimum absolute atomic E-state index is 0.0164. The number of nitrogens with zero attached hydrogens (tertiary/aromatic N) is 1. The van der Waals surface area contributed by atoms with Crippen LogP contribution in [-0.2, 0) is 24.3 Å². The fourth-order valence-electron chi connectivity index (χ4n) is 3.81. The summed E-state index contributed by atoms with van der Waals surface area (Å²) in [6.07, 6.45) is 17.4. The number of benzene rings is 1. The van der Waals surface area contributed by atoms with Gasteiger partial charge in [0.05, 0.1) is 18.1 Å². The normalized spacial score (nSPS) is 10.9. The predicted octanol–water partition coefficient (Wildman–Crippen LogP) is 6.81. The molecule has 4 nitrogen and oxygen atoms in total. The maximum Gasteiger partial charge on any atom is 0.224 e. The molecule has 0 saturated heterocycles. The van der Waals surface area contributed by atoms with E-state index in [0.29, 0.717) is 30.3 Å². The third-order valence-electron chi connectivity index (χ3n) is 5.93. The monoisotopic (exact) mass is 473 g/mol. The van der Waals surface area contributed by atoms with Gasteiger partial charge in [-0.1, -0.05) is 82.4 Å². The number of hydrogen-bond acceptors (Lipinski definition) is 2. The number of carbonyl (C=O) groups is 1. The minimum Gasteiger partial charge on any atom is -0.492 e. The molecular formula is C28H42ClN2O2+.